The molecule has 3 heteroatoms. The van der Waals surface area contributed by atoms with Crippen LogP contribution in [0.2, 0.25) is 0 Å². The fourth-order valence-corrected chi connectivity index (χ4v) is 0.711. The molecule has 0 aliphatic carbocycles. The molecule has 0 aliphatic rings. The van der Waals surface area contributed by atoms with Crippen molar-refractivity contribution in [2.75, 3.05) is 7.11 Å². The lowest BCUT2D eigenvalue weighted by Gasteiger charge is -1.93. The van der Waals surface area contributed by atoms with Crippen LogP contribution in [0.25, 0.3) is 0 Å². The summed E-state index contributed by atoms with van der Waals surface area (Å²) in [6.45, 7) is 1.78. The van der Waals surface area contributed by atoms with Gasteiger partial charge in [-0.15, -0.1) is 0 Å². The maximum absolute atomic E-state index is 12.2. The second-order valence-corrected chi connectivity index (χ2v) is 1.83. The van der Waals surface area contributed by atoms with Crippen molar-refractivity contribution in [2.45, 2.75) is 6.92 Å². The molecule has 0 unspecified atom stereocenters. The zero-order valence-corrected chi connectivity index (χ0v) is 5.36. The number of ether oxygens (including phenoxy) is 1. The van der Waals surface area contributed by atoms with Crippen LogP contribution < -0.4 is 4.74 Å². The number of hydrogen-bond donors (Lipinski definition) is 1. The summed E-state index contributed by atoms with van der Waals surface area (Å²) in [6.07, 6.45) is 0. The third kappa shape index (κ3) is 1.04. The van der Waals surface area contributed by atoms with Crippen molar-refractivity contribution >= 4 is 0 Å². The molecule has 0 amide bonds. The molecule has 0 saturated carbocycles. The van der Waals surface area contributed by atoms with E-state index < -0.39 is 0 Å². The molecule has 1 N–H and O–H groups in total. The van der Waals surface area contributed by atoms with Gasteiger partial charge in [-0.05, 0) is 13.0 Å². The molecule has 1 heterocycles. The van der Waals surface area contributed by atoms with Gasteiger partial charge in [0.1, 0.15) is 0 Å². The summed E-state index contributed by atoms with van der Waals surface area (Å²) in [5.41, 5.74) is 0.787. The lowest BCUT2D eigenvalue weighted by Crippen LogP contribution is -1.83. The topological polar surface area (TPSA) is 25.0 Å². The van der Waals surface area contributed by atoms with E-state index in [9.17, 15) is 4.39 Å². The Balaban J connectivity index is 3.01. The first kappa shape index (κ1) is 6.13. The van der Waals surface area contributed by atoms with E-state index in [4.69, 9.17) is 4.74 Å². The molecular weight excluding hydrogens is 121 g/mol. The monoisotopic (exact) mass is 129 g/mol. The highest BCUT2D eigenvalue weighted by atomic mass is 19.1. The molecule has 1 aromatic rings. The number of hydrogen-bond acceptors (Lipinski definition) is 1. The molecule has 0 aromatic carbocycles. The fourth-order valence-electron chi connectivity index (χ4n) is 0.711. The van der Waals surface area contributed by atoms with Gasteiger partial charge in [-0.2, -0.15) is 4.39 Å². The van der Waals surface area contributed by atoms with E-state index in [0.717, 1.165) is 5.56 Å². The van der Waals surface area contributed by atoms with Gasteiger partial charge in [0, 0.05) is 5.56 Å². The molecular formula is C6H8FNO. The van der Waals surface area contributed by atoms with E-state index in [2.05, 4.69) is 4.98 Å². The summed E-state index contributed by atoms with van der Waals surface area (Å²) in [7, 11) is 1.50. The number of aromatic amines is 1. The Morgan fingerprint density at radius 3 is 2.56 bits per heavy atom. The van der Waals surface area contributed by atoms with Crippen LogP contribution in [-0.2, 0) is 0 Å². The number of H-pyrrole nitrogens is 1. The van der Waals surface area contributed by atoms with Gasteiger partial charge < -0.3 is 9.72 Å². The predicted octanol–water partition coefficient (Wildman–Crippen LogP) is 1.47. The van der Waals surface area contributed by atoms with Crippen LogP contribution in [0.4, 0.5) is 4.39 Å². The predicted molar refractivity (Wildman–Crippen MR) is 32.0 cm³/mol. The van der Waals surface area contributed by atoms with Crippen molar-refractivity contribution in [1.82, 2.24) is 4.98 Å². The highest BCUT2D eigenvalue weighted by Crippen LogP contribution is 2.15. The highest BCUT2D eigenvalue weighted by molar-refractivity contribution is 5.24. The molecule has 9 heavy (non-hydrogen) atoms. The first-order valence-corrected chi connectivity index (χ1v) is 2.63. The Kier molecular flexibility index (Phi) is 1.42. The normalized spacial score (nSPS) is 9.67. The van der Waals surface area contributed by atoms with E-state index in [-0.39, 0.29) is 5.95 Å². The number of methoxy groups -OCH3 is 1. The van der Waals surface area contributed by atoms with E-state index in [0.29, 0.717) is 5.88 Å². The molecule has 1 aromatic heterocycles. The largest absolute Gasteiger partial charge is 0.482 e. The molecule has 0 atom stereocenters. The standard InChI is InChI=1S/C6H8FNO/c1-4-3-5(7)8-6(4)9-2/h3,8H,1-2H3. The van der Waals surface area contributed by atoms with Gasteiger partial charge in [-0.25, -0.2) is 0 Å². The first-order valence-electron chi connectivity index (χ1n) is 2.63. The SMILES string of the molecule is COc1[nH]c(F)cc1C. The Labute approximate surface area is 52.6 Å². The van der Waals surface area contributed by atoms with Crippen molar-refractivity contribution in [3.8, 4) is 5.88 Å². The third-order valence-electron chi connectivity index (χ3n) is 1.14. The van der Waals surface area contributed by atoms with Gasteiger partial charge in [0.15, 0.2) is 11.8 Å². The maximum atomic E-state index is 12.2. The van der Waals surface area contributed by atoms with Crippen LogP contribution in [-0.4, -0.2) is 12.1 Å². The average molecular weight is 129 g/mol. The summed E-state index contributed by atoms with van der Waals surface area (Å²) in [4.78, 5) is 2.41. The summed E-state index contributed by atoms with van der Waals surface area (Å²) in [5.74, 6) is 0.136. The van der Waals surface area contributed by atoms with Crippen LogP contribution in [0.3, 0.4) is 0 Å². The lowest BCUT2D eigenvalue weighted by molar-refractivity contribution is 0.391. The summed E-state index contributed by atoms with van der Waals surface area (Å²) in [5, 5.41) is 0. The van der Waals surface area contributed by atoms with Gasteiger partial charge in [-0.3, -0.25) is 0 Å². The Morgan fingerprint density at radius 1 is 1.67 bits per heavy atom. The van der Waals surface area contributed by atoms with Gasteiger partial charge in [0.2, 0.25) is 0 Å². The number of rotatable bonds is 1. The fraction of sp³-hybridized carbons (Fsp3) is 0.333. The van der Waals surface area contributed by atoms with Crippen LogP contribution in [0, 0.1) is 12.9 Å². The molecule has 0 radical (unpaired) electrons. The molecule has 1 rings (SSSR count). The van der Waals surface area contributed by atoms with Gasteiger partial charge in [0.25, 0.3) is 0 Å². The quantitative estimate of drug-likeness (QED) is 0.610. The lowest BCUT2D eigenvalue weighted by atomic mass is 10.4. The molecule has 0 fully saturated rings. The average Bonchev–Trinajstić information content (AvgIpc) is 2.10. The van der Waals surface area contributed by atoms with Crippen molar-refractivity contribution < 1.29 is 9.13 Å². The molecule has 2 nitrogen and oxygen atoms in total. The highest BCUT2D eigenvalue weighted by Gasteiger charge is 2.01. The van der Waals surface area contributed by atoms with E-state index in [1.165, 1.54) is 13.2 Å². The zero-order valence-electron chi connectivity index (χ0n) is 5.36. The Hall–Kier alpha value is -0.990. The number of nitrogens with one attached hydrogen (secondary N) is 1. The number of halogens is 1. The minimum Gasteiger partial charge on any atom is -0.482 e. The first-order chi connectivity index (χ1) is 4.24. The smallest absolute Gasteiger partial charge is 0.195 e. The Bertz CT molecular complexity index is 207. The van der Waals surface area contributed by atoms with E-state index >= 15 is 0 Å². The van der Waals surface area contributed by atoms with Gasteiger partial charge in [-0.1, -0.05) is 0 Å². The molecule has 0 saturated heterocycles. The van der Waals surface area contributed by atoms with Crippen LogP contribution >= 0.6 is 0 Å². The van der Waals surface area contributed by atoms with E-state index in [1.807, 2.05) is 0 Å². The van der Waals surface area contributed by atoms with Crippen molar-refractivity contribution in [1.29, 1.82) is 0 Å². The second kappa shape index (κ2) is 2.09. The third-order valence-corrected chi connectivity index (χ3v) is 1.14. The second-order valence-electron chi connectivity index (χ2n) is 1.83. The van der Waals surface area contributed by atoms with Gasteiger partial charge >= 0.3 is 0 Å². The van der Waals surface area contributed by atoms with Gasteiger partial charge in [0.05, 0.1) is 7.11 Å². The minimum atomic E-state index is -0.357. The Morgan fingerprint density at radius 2 is 2.33 bits per heavy atom. The maximum Gasteiger partial charge on any atom is 0.195 e. The molecule has 50 valence electrons. The van der Waals surface area contributed by atoms with E-state index in [1.54, 1.807) is 6.92 Å². The molecule has 0 spiro atoms. The summed E-state index contributed by atoms with van der Waals surface area (Å²) in [6, 6.07) is 1.39. The summed E-state index contributed by atoms with van der Waals surface area (Å²) >= 11 is 0. The number of aromatic nitrogens is 1. The zero-order chi connectivity index (χ0) is 6.85. The minimum absolute atomic E-state index is 0.357. The molecule has 0 bridgehead atoms. The van der Waals surface area contributed by atoms with Crippen molar-refractivity contribution in [3.05, 3.63) is 17.6 Å². The van der Waals surface area contributed by atoms with Crippen LogP contribution in [0.1, 0.15) is 5.56 Å². The summed E-state index contributed by atoms with van der Waals surface area (Å²) < 4.78 is 17.0. The van der Waals surface area contributed by atoms with Crippen LogP contribution in [0.5, 0.6) is 5.88 Å². The number of aryl methyl sites for hydroxylation is 1. The van der Waals surface area contributed by atoms with Crippen molar-refractivity contribution in [3.63, 3.8) is 0 Å². The van der Waals surface area contributed by atoms with Crippen LogP contribution in [0.15, 0.2) is 6.07 Å². The van der Waals surface area contributed by atoms with Crippen molar-refractivity contribution in [2.24, 2.45) is 0 Å². The molecule has 0 aliphatic heterocycles.